The van der Waals surface area contributed by atoms with Gasteiger partial charge in [-0.05, 0) is 31.0 Å². The fourth-order valence-corrected chi connectivity index (χ4v) is 3.59. The van der Waals surface area contributed by atoms with Gasteiger partial charge in [-0.15, -0.1) is 0 Å². The first kappa shape index (κ1) is 22.5. The third-order valence-corrected chi connectivity index (χ3v) is 5.21. The van der Waals surface area contributed by atoms with Crippen molar-refractivity contribution < 1.29 is 18.6 Å². The predicted octanol–water partition coefficient (Wildman–Crippen LogP) is 3.19. The van der Waals surface area contributed by atoms with Crippen LogP contribution in [0.4, 0.5) is 10.1 Å². The topological polar surface area (TPSA) is 67.4 Å². The number of nitrogens with zero attached hydrogens (tertiary/aromatic N) is 2. The highest BCUT2D eigenvalue weighted by Crippen LogP contribution is 2.30. The van der Waals surface area contributed by atoms with Crippen LogP contribution in [0.15, 0.2) is 41.4 Å². The fourth-order valence-electron chi connectivity index (χ4n) is 3.59. The third kappa shape index (κ3) is 5.93. The monoisotopic (exact) mass is 430 g/mol. The lowest BCUT2D eigenvalue weighted by atomic mass is 10.2. The van der Waals surface area contributed by atoms with Crippen molar-refractivity contribution in [2.24, 2.45) is 4.99 Å². The summed E-state index contributed by atoms with van der Waals surface area (Å²) in [6.07, 6.45) is 0.970. The van der Waals surface area contributed by atoms with E-state index in [2.05, 4.69) is 20.5 Å². The van der Waals surface area contributed by atoms with Crippen molar-refractivity contribution >= 4 is 11.6 Å². The summed E-state index contributed by atoms with van der Waals surface area (Å²) in [5, 5.41) is 6.71. The molecule has 2 aromatic carbocycles. The van der Waals surface area contributed by atoms with E-state index >= 15 is 0 Å². The molecule has 31 heavy (non-hydrogen) atoms. The molecule has 0 radical (unpaired) electrons. The maximum Gasteiger partial charge on any atom is 0.191 e. The molecule has 0 saturated carbocycles. The second-order valence-corrected chi connectivity index (χ2v) is 7.27. The molecule has 0 amide bonds. The molecule has 1 fully saturated rings. The van der Waals surface area contributed by atoms with Gasteiger partial charge in [-0.2, -0.15) is 0 Å². The van der Waals surface area contributed by atoms with Crippen LogP contribution in [0.2, 0.25) is 0 Å². The van der Waals surface area contributed by atoms with Crippen LogP contribution in [-0.2, 0) is 6.54 Å². The molecule has 3 rings (SSSR count). The lowest BCUT2D eigenvalue weighted by Gasteiger charge is -2.21. The van der Waals surface area contributed by atoms with Crippen LogP contribution < -0.4 is 29.7 Å². The van der Waals surface area contributed by atoms with Crippen LogP contribution in [0.25, 0.3) is 0 Å². The molecule has 1 aliphatic heterocycles. The van der Waals surface area contributed by atoms with Crippen LogP contribution in [-0.4, -0.2) is 53.0 Å². The van der Waals surface area contributed by atoms with Crippen LogP contribution in [0.5, 0.6) is 17.2 Å². The Morgan fingerprint density at radius 2 is 1.90 bits per heavy atom. The molecular formula is C23H31FN4O3. The number of methoxy groups -OCH3 is 2. The Hall–Kier alpha value is -3.16. The summed E-state index contributed by atoms with van der Waals surface area (Å²) in [5.74, 6) is 2.14. The molecule has 1 atom stereocenters. The van der Waals surface area contributed by atoms with Crippen molar-refractivity contribution in [3.05, 3.63) is 47.8 Å². The summed E-state index contributed by atoms with van der Waals surface area (Å²) >= 11 is 0. The van der Waals surface area contributed by atoms with E-state index in [0.717, 1.165) is 42.3 Å². The van der Waals surface area contributed by atoms with E-state index < -0.39 is 0 Å². The summed E-state index contributed by atoms with van der Waals surface area (Å²) in [4.78, 5) is 6.60. The van der Waals surface area contributed by atoms with Crippen molar-refractivity contribution in [1.82, 2.24) is 10.6 Å². The maximum atomic E-state index is 14.1. The zero-order valence-electron chi connectivity index (χ0n) is 18.6. The second kappa shape index (κ2) is 10.7. The van der Waals surface area contributed by atoms with Crippen molar-refractivity contribution in [3.8, 4) is 17.2 Å². The summed E-state index contributed by atoms with van der Waals surface area (Å²) in [6.45, 7) is 4.47. The highest BCUT2D eigenvalue weighted by molar-refractivity contribution is 5.80. The standard InChI is InChI=1S/C23H31FN4O3/c1-5-31-22-7-6-16(10-21(22)24)14-26-23(25-2)27-17-8-9-28(15-17)18-11-19(29-3)13-20(12-18)30-4/h6-7,10-13,17H,5,8-9,14-15H2,1-4H3,(H2,25,26,27). The maximum absolute atomic E-state index is 14.1. The SMILES string of the molecule is CCOc1ccc(CNC(=NC)NC2CCN(c3cc(OC)cc(OC)c3)C2)cc1F. The summed E-state index contributed by atoms with van der Waals surface area (Å²) in [6, 6.07) is 11.1. The Morgan fingerprint density at radius 1 is 1.16 bits per heavy atom. The van der Waals surface area contributed by atoms with Gasteiger partial charge in [-0.25, -0.2) is 4.39 Å². The Kier molecular flexibility index (Phi) is 7.81. The van der Waals surface area contributed by atoms with Gasteiger partial charge in [-0.1, -0.05) is 6.07 Å². The Balaban J connectivity index is 1.55. The summed E-state index contributed by atoms with van der Waals surface area (Å²) in [7, 11) is 5.03. The minimum Gasteiger partial charge on any atom is -0.497 e. The number of hydrogen-bond acceptors (Lipinski definition) is 5. The molecule has 7 nitrogen and oxygen atoms in total. The summed E-state index contributed by atoms with van der Waals surface area (Å²) < 4.78 is 30.1. The van der Waals surface area contributed by atoms with Crippen molar-refractivity contribution in [2.75, 3.05) is 45.9 Å². The van der Waals surface area contributed by atoms with Gasteiger partial charge >= 0.3 is 0 Å². The van der Waals surface area contributed by atoms with Crippen LogP contribution in [0.3, 0.4) is 0 Å². The smallest absolute Gasteiger partial charge is 0.191 e. The van der Waals surface area contributed by atoms with E-state index in [4.69, 9.17) is 14.2 Å². The van der Waals surface area contributed by atoms with Crippen LogP contribution >= 0.6 is 0 Å². The number of nitrogens with one attached hydrogen (secondary N) is 2. The Morgan fingerprint density at radius 3 is 2.52 bits per heavy atom. The number of rotatable bonds is 8. The van der Waals surface area contributed by atoms with Gasteiger partial charge in [0.25, 0.3) is 0 Å². The van der Waals surface area contributed by atoms with Gasteiger partial charge in [0.2, 0.25) is 0 Å². The van der Waals surface area contributed by atoms with Gasteiger partial charge in [0.15, 0.2) is 17.5 Å². The van der Waals surface area contributed by atoms with E-state index in [1.807, 2.05) is 31.2 Å². The Labute approximate surface area is 183 Å². The van der Waals surface area contributed by atoms with E-state index in [9.17, 15) is 4.39 Å². The lowest BCUT2D eigenvalue weighted by molar-refractivity contribution is 0.321. The van der Waals surface area contributed by atoms with E-state index in [0.29, 0.717) is 19.1 Å². The molecule has 0 aromatic heterocycles. The van der Waals surface area contributed by atoms with Crippen molar-refractivity contribution in [3.63, 3.8) is 0 Å². The van der Waals surface area contributed by atoms with Crippen LogP contribution in [0, 0.1) is 5.82 Å². The molecule has 168 valence electrons. The average molecular weight is 431 g/mol. The number of ether oxygens (including phenoxy) is 3. The van der Waals surface area contributed by atoms with E-state index in [-0.39, 0.29) is 17.6 Å². The minimum absolute atomic E-state index is 0.237. The summed E-state index contributed by atoms with van der Waals surface area (Å²) in [5.41, 5.74) is 1.88. The molecule has 8 heteroatoms. The van der Waals surface area contributed by atoms with Gasteiger partial charge in [0, 0.05) is 56.6 Å². The first-order valence-electron chi connectivity index (χ1n) is 10.4. The molecule has 0 spiro atoms. The zero-order chi connectivity index (χ0) is 22.2. The molecule has 2 aromatic rings. The highest BCUT2D eigenvalue weighted by atomic mass is 19.1. The fraction of sp³-hybridized carbons (Fsp3) is 0.435. The second-order valence-electron chi connectivity index (χ2n) is 7.27. The van der Waals surface area contributed by atoms with E-state index in [1.54, 1.807) is 27.3 Å². The molecule has 1 unspecified atom stereocenters. The van der Waals surface area contributed by atoms with Crippen LogP contribution in [0.1, 0.15) is 18.9 Å². The number of hydrogen-bond donors (Lipinski definition) is 2. The van der Waals surface area contributed by atoms with E-state index in [1.165, 1.54) is 6.07 Å². The number of aliphatic imine (C=N–C) groups is 1. The number of guanidine groups is 1. The first-order valence-corrected chi connectivity index (χ1v) is 10.4. The minimum atomic E-state index is -0.357. The number of benzene rings is 2. The average Bonchev–Trinajstić information content (AvgIpc) is 3.26. The Bertz CT molecular complexity index is 884. The van der Waals surface area contributed by atoms with Gasteiger partial charge < -0.3 is 29.7 Å². The highest BCUT2D eigenvalue weighted by Gasteiger charge is 2.24. The van der Waals surface area contributed by atoms with Gasteiger partial charge in [0.1, 0.15) is 11.5 Å². The molecule has 2 N–H and O–H groups in total. The molecular weight excluding hydrogens is 399 g/mol. The lowest BCUT2D eigenvalue weighted by Crippen LogP contribution is -2.44. The van der Waals surface area contributed by atoms with Gasteiger partial charge in [0.05, 0.1) is 20.8 Å². The number of anilines is 1. The quantitative estimate of drug-likeness (QED) is 0.495. The number of halogens is 1. The predicted molar refractivity (Wildman–Crippen MR) is 121 cm³/mol. The molecule has 1 aliphatic rings. The largest absolute Gasteiger partial charge is 0.497 e. The van der Waals surface area contributed by atoms with Crippen molar-refractivity contribution in [2.45, 2.75) is 25.9 Å². The normalized spacial score (nSPS) is 16.2. The first-order chi connectivity index (χ1) is 15.1. The molecule has 0 bridgehead atoms. The molecule has 1 saturated heterocycles. The van der Waals surface area contributed by atoms with Gasteiger partial charge in [-0.3, -0.25) is 4.99 Å². The third-order valence-electron chi connectivity index (χ3n) is 5.21. The zero-order valence-corrected chi connectivity index (χ0v) is 18.6. The molecule has 0 aliphatic carbocycles. The molecule has 1 heterocycles. The van der Waals surface area contributed by atoms with Crippen molar-refractivity contribution in [1.29, 1.82) is 0 Å².